The Bertz CT molecular complexity index is 1530. The second-order valence-corrected chi connectivity index (χ2v) is 9.30. The summed E-state index contributed by atoms with van der Waals surface area (Å²) in [6.45, 7) is 3.59. The second-order valence-electron chi connectivity index (χ2n) is 8.86. The van der Waals surface area contributed by atoms with E-state index in [4.69, 9.17) is 16.3 Å². The lowest BCUT2D eigenvalue weighted by molar-refractivity contribution is -0.137. The van der Waals surface area contributed by atoms with Gasteiger partial charge in [-0.05, 0) is 55.3 Å². The van der Waals surface area contributed by atoms with Gasteiger partial charge in [0.2, 0.25) is 5.60 Å². The normalized spacial score (nSPS) is 17.9. The number of alkyl halides is 3. The zero-order chi connectivity index (χ0) is 25.8. The monoisotopic (exact) mass is 512 g/mol. The molecule has 3 aromatic carbocycles. The molecule has 1 N–H and O–H groups in total. The first kappa shape index (κ1) is 23.9. The number of halogens is 4. The highest BCUT2D eigenvalue weighted by molar-refractivity contribution is 6.30. The Morgan fingerprint density at radius 2 is 1.75 bits per heavy atom. The van der Waals surface area contributed by atoms with Crippen LogP contribution in [0.4, 0.5) is 18.0 Å². The minimum Gasteiger partial charge on any atom is -0.428 e. The molecular formula is C27H20ClF3N2O3. The summed E-state index contributed by atoms with van der Waals surface area (Å²) in [6.07, 6.45) is -5.32. The van der Waals surface area contributed by atoms with Gasteiger partial charge in [0, 0.05) is 39.3 Å². The average molecular weight is 513 g/mol. The lowest BCUT2D eigenvalue weighted by Gasteiger charge is -2.20. The molecule has 1 saturated heterocycles. The van der Waals surface area contributed by atoms with E-state index in [0.29, 0.717) is 21.5 Å². The number of rotatable bonds is 4. The van der Waals surface area contributed by atoms with Crippen molar-refractivity contribution in [1.29, 1.82) is 0 Å². The van der Waals surface area contributed by atoms with Crippen molar-refractivity contribution in [2.45, 2.75) is 32.2 Å². The summed E-state index contributed by atoms with van der Waals surface area (Å²) in [6, 6.07) is 17.8. The number of nitrogens with zero attached hydrogens (tertiary/aromatic N) is 1. The summed E-state index contributed by atoms with van der Waals surface area (Å²) in [5.74, 6) is -0.577. The van der Waals surface area contributed by atoms with E-state index in [1.54, 1.807) is 30.3 Å². The molecule has 5 nitrogen and oxygen atoms in total. The first-order chi connectivity index (χ1) is 17.0. The number of carbonyl (C=O) groups is 2. The number of hydrogen-bond donors (Lipinski definition) is 1. The molecule has 2 amide bonds. The van der Waals surface area contributed by atoms with Gasteiger partial charge in [-0.2, -0.15) is 13.2 Å². The Kier molecular flexibility index (Phi) is 5.59. The number of carbonyl (C=O) groups excluding carboxylic acids is 2. The quantitative estimate of drug-likeness (QED) is 0.326. The van der Waals surface area contributed by atoms with E-state index in [-0.39, 0.29) is 6.54 Å². The number of ether oxygens (including phenoxy) is 1. The highest BCUT2D eigenvalue weighted by atomic mass is 35.5. The van der Waals surface area contributed by atoms with Crippen molar-refractivity contribution >= 4 is 34.5 Å². The third-order valence-electron chi connectivity index (χ3n) is 6.55. The molecule has 1 aromatic heterocycles. The van der Waals surface area contributed by atoms with Gasteiger partial charge in [-0.25, -0.2) is 4.79 Å². The van der Waals surface area contributed by atoms with E-state index in [2.05, 4.69) is 5.32 Å². The zero-order valence-electron chi connectivity index (χ0n) is 19.2. The molecule has 0 spiro atoms. The highest BCUT2D eigenvalue weighted by Gasteiger charge is 2.46. The lowest BCUT2D eigenvalue weighted by atomic mass is 9.94. The number of hydrogen-bond acceptors (Lipinski definition) is 3. The van der Waals surface area contributed by atoms with Crippen molar-refractivity contribution in [3.63, 3.8) is 0 Å². The van der Waals surface area contributed by atoms with Crippen LogP contribution in [0.1, 0.15) is 29.3 Å². The summed E-state index contributed by atoms with van der Waals surface area (Å²) in [5, 5.41) is 3.37. The Morgan fingerprint density at radius 3 is 2.39 bits per heavy atom. The molecule has 0 unspecified atom stereocenters. The Hall–Kier alpha value is -3.78. The number of nitrogens with one attached hydrogen (secondary N) is 1. The molecule has 1 atom stereocenters. The number of cyclic esters (lactones) is 1. The predicted octanol–water partition coefficient (Wildman–Crippen LogP) is 6.82. The lowest BCUT2D eigenvalue weighted by Crippen LogP contribution is -2.33. The summed E-state index contributed by atoms with van der Waals surface area (Å²) in [4.78, 5) is 24.0. The minimum absolute atomic E-state index is 0.233. The van der Waals surface area contributed by atoms with E-state index in [9.17, 15) is 22.8 Å². The van der Waals surface area contributed by atoms with E-state index < -0.39 is 29.3 Å². The summed E-state index contributed by atoms with van der Waals surface area (Å²) >= 11 is 6.05. The number of alkyl carbamates (subject to hydrolysis) is 1. The Labute approximate surface area is 209 Å². The van der Waals surface area contributed by atoms with Crippen LogP contribution < -0.4 is 5.32 Å². The van der Waals surface area contributed by atoms with Crippen molar-refractivity contribution in [3.05, 3.63) is 94.1 Å². The van der Waals surface area contributed by atoms with Crippen molar-refractivity contribution in [3.8, 4) is 11.1 Å². The molecule has 1 fully saturated rings. The van der Waals surface area contributed by atoms with Crippen molar-refractivity contribution < 1.29 is 27.5 Å². The summed E-state index contributed by atoms with van der Waals surface area (Å²) in [5.41, 5.74) is 1.79. The zero-order valence-corrected chi connectivity index (χ0v) is 20.0. The summed E-state index contributed by atoms with van der Waals surface area (Å²) < 4.78 is 47.8. The third kappa shape index (κ3) is 4.01. The van der Waals surface area contributed by atoms with E-state index in [0.717, 1.165) is 34.5 Å². The van der Waals surface area contributed by atoms with E-state index >= 15 is 0 Å². The van der Waals surface area contributed by atoms with Crippen molar-refractivity contribution in [2.75, 3.05) is 0 Å². The van der Waals surface area contributed by atoms with Gasteiger partial charge in [0.15, 0.2) is 0 Å². The molecule has 4 aromatic rings. The van der Waals surface area contributed by atoms with Gasteiger partial charge in [0.05, 0.1) is 5.56 Å². The second kappa shape index (κ2) is 8.41. The number of amides is 2. The van der Waals surface area contributed by atoms with Crippen LogP contribution in [-0.4, -0.2) is 16.6 Å². The van der Waals surface area contributed by atoms with Gasteiger partial charge < -0.3 is 9.30 Å². The van der Waals surface area contributed by atoms with Crippen LogP contribution in [0.15, 0.2) is 66.7 Å². The third-order valence-corrected chi connectivity index (χ3v) is 6.80. The first-order valence-electron chi connectivity index (χ1n) is 11.1. The highest BCUT2D eigenvalue weighted by Crippen LogP contribution is 2.39. The molecule has 184 valence electrons. The molecular weight excluding hydrogens is 493 g/mol. The maximum Gasteiger partial charge on any atom is 0.416 e. The van der Waals surface area contributed by atoms with Gasteiger partial charge >= 0.3 is 12.3 Å². The molecule has 0 aliphatic carbocycles. The molecule has 9 heteroatoms. The molecule has 5 rings (SSSR count). The van der Waals surface area contributed by atoms with Crippen molar-refractivity contribution in [1.82, 2.24) is 9.88 Å². The molecule has 0 bridgehead atoms. The number of aromatic nitrogens is 1. The van der Waals surface area contributed by atoms with E-state index in [1.165, 1.54) is 13.0 Å². The first-order valence-corrected chi connectivity index (χ1v) is 11.4. The fourth-order valence-electron chi connectivity index (χ4n) is 4.65. The van der Waals surface area contributed by atoms with Gasteiger partial charge in [-0.1, -0.05) is 48.0 Å². The van der Waals surface area contributed by atoms with Crippen LogP contribution in [0.5, 0.6) is 0 Å². The maximum absolute atomic E-state index is 13.6. The molecule has 0 radical (unpaired) electrons. The van der Waals surface area contributed by atoms with Gasteiger partial charge in [-0.3, -0.25) is 10.1 Å². The van der Waals surface area contributed by atoms with Crippen LogP contribution in [-0.2, 0) is 27.9 Å². The van der Waals surface area contributed by atoms with Crippen LogP contribution in [0.2, 0.25) is 5.02 Å². The number of benzene rings is 3. The molecule has 36 heavy (non-hydrogen) atoms. The van der Waals surface area contributed by atoms with Crippen LogP contribution >= 0.6 is 11.6 Å². The fraction of sp³-hybridized carbons (Fsp3) is 0.185. The number of imide groups is 1. The minimum atomic E-state index is -4.49. The molecule has 0 saturated carbocycles. The standard InChI is InChI=1S/C27H20ClF3N2O3/c1-15-23(17-6-9-20(28)10-7-17)21-11-8-19(27(29,30)31)13-22(21)33(15)14-16-4-3-5-18(12-16)26(2)24(34)32-25(35)36-26/h3-13H,14H2,1-2H3,(H,32,34,35)/t26-/m1/s1. The largest absolute Gasteiger partial charge is 0.428 e. The Morgan fingerprint density at radius 1 is 1.03 bits per heavy atom. The predicted molar refractivity (Wildman–Crippen MR) is 130 cm³/mol. The molecule has 1 aliphatic heterocycles. The maximum atomic E-state index is 13.6. The summed E-state index contributed by atoms with van der Waals surface area (Å²) in [7, 11) is 0. The van der Waals surface area contributed by atoms with Crippen LogP contribution in [0, 0.1) is 6.92 Å². The van der Waals surface area contributed by atoms with Crippen LogP contribution in [0.3, 0.4) is 0 Å². The molecule has 2 heterocycles. The SMILES string of the molecule is Cc1c(-c2ccc(Cl)cc2)c2ccc(C(F)(F)F)cc2n1Cc1cccc([C@@]2(C)OC(=O)NC2=O)c1. The number of fused-ring (bicyclic) bond motifs is 1. The van der Waals surface area contributed by atoms with Gasteiger partial charge in [-0.15, -0.1) is 0 Å². The average Bonchev–Trinajstić information content (AvgIpc) is 3.25. The van der Waals surface area contributed by atoms with E-state index in [1.807, 2.05) is 29.7 Å². The molecule has 1 aliphatic rings. The smallest absolute Gasteiger partial charge is 0.416 e. The van der Waals surface area contributed by atoms with Crippen LogP contribution in [0.25, 0.3) is 22.0 Å². The fourth-order valence-corrected chi connectivity index (χ4v) is 4.77. The van der Waals surface area contributed by atoms with Gasteiger partial charge in [0.25, 0.3) is 5.91 Å². The Balaban J connectivity index is 1.65. The van der Waals surface area contributed by atoms with Crippen molar-refractivity contribution in [2.24, 2.45) is 0 Å². The van der Waals surface area contributed by atoms with Gasteiger partial charge in [0.1, 0.15) is 0 Å². The topological polar surface area (TPSA) is 60.3 Å².